The number of hydrogen-bond donors (Lipinski definition) is 4. The van der Waals surface area contributed by atoms with Crippen molar-refractivity contribution in [3.8, 4) is 0 Å². The van der Waals surface area contributed by atoms with Gasteiger partial charge in [0.25, 0.3) is 0 Å². The van der Waals surface area contributed by atoms with E-state index in [0.29, 0.717) is 18.3 Å². The molecule has 0 radical (unpaired) electrons. The van der Waals surface area contributed by atoms with Crippen LogP contribution in [0.5, 0.6) is 0 Å². The monoisotopic (exact) mass is 257 g/mol. The molecule has 0 saturated carbocycles. The average Bonchev–Trinajstić information content (AvgIpc) is 2.08. The zero-order valence-electron chi connectivity index (χ0n) is 8.04. The van der Waals surface area contributed by atoms with E-state index < -0.39 is 10.4 Å². The normalized spacial score (nSPS) is 11.5. The van der Waals surface area contributed by atoms with Crippen molar-refractivity contribution in [2.75, 3.05) is 18.8 Å². The number of thioether (sulfide) groups is 1. The average molecular weight is 257 g/mol. The molecular formula is C6H15N3O4S2. The second-order valence-electron chi connectivity index (χ2n) is 2.05. The first kappa shape index (κ1) is 16.8. The van der Waals surface area contributed by atoms with Crippen molar-refractivity contribution in [1.29, 1.82) is 0 Å². The Kier molecular flexibility index (Phi) is 11.1. The lowest BCUT2D eigenvalue weighted by Gasteiger charge is -1.95. The molecule has 90 valence electrons. The Hall–Kier alpha value is -0.610. The van der Waals surface area contributed by atoms with Crippen LogP contribution in [0.1, 0.15) is 0 Å². The molecule has 15 heavy (non-hydrogen) atoms. The van der Waals surface area contributed by atoms with E-state index in [9.17, 15) is 0 Å². The fourth-order valence-corrected chi connectivity index (χ4v) is 0.856. The molecular weight excluding hydrogens is 242 g/mol. The van der Waals surface area contributed by atoms with Crippen LogP contribution in [-0.4, -0.2) is 41.5 Å². The Morgan fingerprint density at radius 1 is 1.53 bits per heavy atom. The smallest absolute Gasteiger partial charge is 0.379 e. The molecule has 0 aliphatic heterocycles. The molecule has 0 bridgehead atoms. The van der Waals surface area contributed by atoms with Gasteiger partial charge in [-0.25, -0.2) is 0 Å². The Labute approximate surface area is 93.2 Å². The van der Waals surface area contributed by atoms with Gasteiger partial charge >= 0.3 is 10.4 Å². The molecule has 0 heterocycles. The maximum absolute atomic E-state index is 8.74. The number of aliphatic imine (C=N–C) groups is 1. The highest BCUT2D eigenvalue weighted by molar-refractivity contribution is 8.13. The summed E-state index contributed by atoms with van der Waals surface area (Å²) in [6.45, 7) is 4.74. The molecule has 0 fully saturated rings. The van der Waals surface area contributed by atoms with Crippen LogP contribution in [0.15, 0.2) is 17.6 Å². The highest BCUT2D eigenvalue weighted by Crippen LogP contribution is 1.96. The summed E-state index contributed by atoms with van der Waals surface area (Å²) in [4.78, 5) is 3.96. The van der Waals surface area contributed by atoms with Crippen LogP contribution in [-0.2, 0) is 10.4 Å². The number of nitrogens with two attached hydrogens (primary N) is 2. The lowest BCUT2D eigenvalue weighted by Crippen LogP contribution is -2.11. The van der Waals surface area contributed by atoms with Gasteiger partial charge in [-0.15, -0.1) is 6.58 Å². The maximum atomic E-state index is 8.74. The topological polar surface area (TPSA) is 139 Å². The minimum atomic E-state index is -4.67. The molecule has 9 heteroatoms. The number of rotatable bonds is 4. The number of amidine groups is 1. The molecule has 6 N–H and O–H groups in total. The fraction of sp³-hybridized carbons (Fsp3) is 0.500. The SMILES string of the molecule is C=CCN=C(N)SCCN.O=S(=O)(O)O. The van der Waals surface area contributed by atoms with Crippen molar-refractivity contribution < 1.29 is 17.5 Å². The third kappa shape index (κ3) is 31.8. The van der Waals surface area contributed by atoms with Gasteiger partial charge < -0.3 is 11.5 Å². The Bertz CT molecular complexity index is 281. The van der Waals surface area contributed by atoms with Gasteiger partial charge in [-0.05, 0) is 0 Å². The molecule has 0 aliphatic carbocycles. The van der Waals surface area contributed by atoms with E-state index in [0.717, 1.165) is 5.75 Å². The van der Waals surface area contributed by atoms with Crippen molar-refractivity contribution in [1.82, 2.24) is 0 Å². The zero-order chi connectivity index (χ0) is 12.3. The van der Waals surface area contributed by atoms with Crippen LogP contribution in [0, 0.1) is 0 Å². The predicted octanol–water partition coefficient (Wildman–Crippen LogP) is -0.474. The van der Waals surface area contributed by atoms with Crippen LogP contribution in [0.2, 0.25) is 0 Å². The zero-order valence-corrected chi connectivity index (χ0v) is 9.67. The molecule has 0 aliphatic rings. The van der Waals surface area contributed by atoms with E-state index in [1.165, 1.54) is 11.8 Å². The highest BCUT2D eigenvalue weighted by Gasteiger charge is 1.88. The first-order valence-electron chi connectivity index (χ1n) is 3.74. The molecule has 0 amide bonds. The molecule has 0 aromatic rings. The molecule has 0 saturated heterocycles. The van der Waals surface area contributed by atoms with Crippen molar-refractivity contribution in [3.05, 3.63) is 12.7 Å². The van der Waals surface area contributed by atoms with Crippen LogP contribution in [0.25, 0.3) is 0 Å². The summed E-state index contributed by atoms with van der Waals surface area (Å²) in [6, 6.07) is 0. The summed E-state index contributed by atoms with van der Waals surface area (Å²) in [5, 5.41) is 0.588. The van der Waals surface area contributed by atoms with E-state index in [4.69, 9.17) is 29.0 Å². The van der Waals surface area contributed by atoms with Gasteiger partial charge in [-0.1, -0.05) is 17.8 Å². The van der Waals surface area contributed by atoms with E-state index in [1.807, 2.05) is 0 Å². The van der Waals surface area contributed by atoms with Gasteiger partial charge in [0.2, 0.25) is 0 Å². The lowest BCUT2D eigenvalue weighted by atomic mass is 10.7. The van der Waals surface area contributed by atoms with Gasteiger partial charge in [0, 0.05) is 12.3 Å². The summed E-state index contributed by atoms with van der Waals surface area (Å²) in [6.07, 6.45) is 1.70. The van der Waals surface area contributed by atoms with E-state index in [2.05, 4.69) is 11.6 Å². The standard InChI is InChI=1S/C6H13N3S.H2O4S/c1-2-4-9-6(8)10-5-3-7;1-5(2,3)4/h2H,1,3-5,7H2,(H2,8,9);(H2,1,2,3,4). The maximum Gasteiger partial charge on any atom is 0.394 e. The van der Waals surface area contributed by atoms with E-state index in [1.54, 1.807) is 6.08 Å². The van der Waals surface area contributed by atoms with Crippen molar-refractivity contribution in [2.45, 2.75) is 0 Å². The second-order valence-corrected chi connectivity index (χ2v) is 4.06. The minimum Gasteiger partial charge on any atom is -0.379 e. The summed E-state index contributed by atoms with van der Waals surface area (Å²) in [7, 11) is -4.67. The molecule has 0 aromatic carbocycles. The Morgan fingerprint density at radius 2 is 2.00 bits per heavy atom. The predicted molar refractivity (Wildman–Crippen MR) is 62.4 cm³/mol. The lowest BCUT2D eigenvalue weighted by molar-refractivity contribution is 0.381. The van der Waals surface area contributed by atoms with Gasteiger partial charge in [0.05, 0.1) is 6.54 Å². The van der Waals surface area contributed by atoms with Gasteiger partial charge in [-0.3, -0.25) is 14.1 Å². The fourth-order valence-electron chi connectivity index (χ4n) is 0.364. The van der Waals surface area contributed by atoms with Crippen LogP contribution in [0.4, 0.5) is 0 Å². The third-order valence-corrected chi connectivity index (χ3v) is 1.61. The summed E-state index contributed by atoms with van der Waals surface area (Å²) >= 11 is 1.47. The Balaban J connectivity index is 0. The Morgan fingerprint density at radius 3 is 2.33 bits per heavy atom. The van der Waals surface area contributed by atoms with Crippen LogP contribution in [0.3, 0.4) is 0 Å². The molecule has 0 unspecified atom stereocenters. The summed E-state index contributed by atoms with van der Waals surface area (Å²) in [5.74, 6) is 0.826. The van der Waals surface area contributed by atoms with E-state index >= 15 is 0 Å². The molecule has 0 spiro atoms. The third-order valence-electron chi connectivity index (χ3n) is 0.744. The first-order valence-corrected chi connectivity index (χ1v) is 6.13. The number of nitrogens with zero attached hydrogens (tertiary/aromatic N) is 1. The van der Waals surface area contributed by atoms with Crippen molar-refractivity contribution in [3.63, 3.8) is 0 Å². The first-order chi connectivity index (χ1) is 6.81. The van der Waals surface area contributed by atoms with Crippen LogP contribution >= 0.6 is 11.8 Å². The molecule has 7 nitrogen and oxygen atoms in total. The second kappa shape index (κ2) is 9.93. The summed E-state index contributed by atoms with van der Waals surface area (Å²) in [5.41, 5.74) is 10.7. The minimum absolute atomic E-state index is 0.587. The highest BCUT2D eigenvalue weighted by atomic mass is 32.3. The quantitative estimate of drug-likeness (QED) is 0.231. The van der Waals surface area contributed by atoms with Crippen molar-refractivity contribution >= 4 is 27.3 Å². The van der Waals surface area contributed by atoms with E-state index in [-0.39, 0.29) is 0 Å². The number of hydrogen-bond acceptors (Lipinski definition) is 5. The van der Waals surface area contributed by atoms with Gasteiger partial charge in [0.1, 0.15) is 0 Å². The van der Waals surface area contributed by atoms with Crippen LogP contribution < -0.4 is 11.5 Å². The van der Waals surface area contributed by atoms with Gasteiger partial charge in [0.15, 0.2) is 5.17 Å². The molecule has 0 rings (SSSR count). The largest absolute Gasteiger partial charge is 0.394 e. The molecule has 0 aromatic heterocycles. The molecule has 0 atom stereocenters. The summed E-state index contributed by atoms with van der Waals surface area (Å²) < 4.78 is 31.6. The van der Waals surface area contributed by atoms with Gasteiger partial charge in [-0.2, -0.15) is 8.42 Å². The van der Waals surface area contributed by atoms with Crippen molar-refractivity contribution in [2.24, 2.45) is 16.5 Å².